The van der Waals surface area contributed by atoms with Crippen LogP contribution < -0.4 is 5.32 Å². The van der Waals surface area contributed by atoms with Crippen LogP contribution >= 0.6 is 11.6 Å². The topological polar surface area (TPSA) is 29.3 Å². The van der Waals surface area contributed by atoms with Gasteiger partial charge < -0.3 is 5.32 Å². The Morgan fingerprint density at radius 3 is 2.75 bits per heavy atom. The van der Waals surface area contributed by atoms with E-state index >= 15 is 0 Å². The number of halogens is 1. The lowest BCUT2D eigenvalue weighted by molar-refractivity contribution is 0.718. The van der Waals surface area contributed by atoms with Crippen LogP contribution in [0.5, 0.6) is 0 Å². The van der Waals surface area contributed by atoms with Gasteiger partial charge in [-0.3, -0.25) is 4.40 Å². The SMILES string of the molecule is CCNCc1nc(-c2ccccc2Cl)n2ccccc12. The van der Waals surface area contributed by atoms with Crippen molar-refractivity contribution in [3.63, 3.8) is 0 Å². The third kappa shape index (κ3) is 2.30. The maximum Gasteiger partial charge on any atom is 0.146 e. The molecule has 0 aliphatic heterocycles. The van der Waals surface area contributed by atoms with Gasteiger partial charge >= 0.3 is 0 Å². The van der Waals surface area contributed by atoms with Gasteiger partial charge in [-0.25, -0.2) is 4.98 Å². The number of hydrogen-bond donors (Lipinski definition) is 1. The fourth-order valence-electron chi connectivity index (χ4n) is 2.31. The van der Waals surface area contributed by atoms with Gasteiger partial charge in [0.05, 0.1) is 16.2 Å². The number of fused-ring (bicyclic) bond motifs is 1. The van der Waals surface area contributed by atoms with Crippen molar-refractivity contribution < 1.29 is 0 Å². The fraction of sp³-hybridized carbons (Fsp3) is 0.188. The standard InChI is InChI=1S/C16H16ClN3/c1-2-18-11-14-15-9-5-6-10-20(15)16(19-14)12-7-3-4-8-13(12)17/h3-10,18H,2,11H2,1H3. The summed E-state index contributed by atoms with van der Waals surface area (Å²) in [5.74, 6) is 0.888. The molecule has 102 valence electrons. The molecule has 4 heteroatoms. The molecule has 3 rings (SSSR count). The maximum atomic E-state index is 6.30. The van der Waals surface area contributed by atoms with E-state index in [9.17, 15) is 0 Å². The smallest absolute Gasteiger partial charge is 0.146 e. The highest BCUT2D eigenvalue weighted by molar-refractivity contribution is 6.33. The van der Waals surface area contributed by atoms with Gasteiger partial charge in [0, 0.05) is 18.3 Å². The van der Waals surface area contributed by atoms with Gasteiger partial charge in [0.1, 0.15) is 5.82 Å². The molecule has 0 unspecified atom stereocenters. The lowest BCUT2D eigenvalue weighted by Gasteiger charge is -2.02. The van der Waals surface area contributed by atoms with Crippen LogP contribution in [0.3, 0.4) is 0 Å². The Morgan fingerprint density at radius 1 is 1.15 bits per heavy atom. The predicted octanol–water partition coefficient (Wildman–Crippen LogP) is 3.76. The quantitative estimate of drug-likeness (QED) is 0.791. The number of pyridine rings is 1. The highest BCUT2D eigenvalue weighted by Gasteiger charge is 2.13. The molecule has 0 radical (unpaired) electrons. The molecule has 0 saturated carbocycles. The van der Waals surface area contributed by atoms with Gasteiger partial charge in [0.25, 0.3) is 0 Å². The van der Waals surface area contributed by atoms with E-state index in [1.165, 1.54) is 0 Å². The molecule has 0 saturated heterocycles. The fourth-order valence-corrected chi connectivity index (χ4v) is 2.53. The van der Waals surface area contributed by atoms with Crippen molar-refractivity contribution in [2.24, 2.45) is 0 Å². The van der Waals surface area contributed by atoms with Crippen molar-refractivity contribution in [2.45, 2.75) is 13.5 Å². The molecule has 0 bridgehead atoms. The zero-order valence-corrected chi connectivity index (χ0v) is 12.1. The van der Waals surface area contributed by atoms with Crippen LogP contribution in [0.2, 0.25) is 5.02 Å². The van der Waals surface area contributed by atoms with Gasteiger partial charge in [-0.1, -0.05) is 36.7 Å². The zero-order chi connectivity index (χ0) is 13.9. The Balaban J connectivity index is 2.19. The molecule has 2 aromatic heterocycles. The Morgan fingerprint density at radius 2 is 1.95 bits per heavy atom. The molecule has 0 atom stereocenters. The summed E-state index contributed by atoms with van der Waals surface area (Å²) in [6, 6.07) is 13.9. The average Bonchev–Trinajstić information content (AvgIpc) is 2.84. The number of imidazole rings is 1. The van der Waals surface area contributed by atoms with Crippen LogP contribution in [-0.2, 0) is 6.54 Å². The van der Waals surface area contributed by atoms with Gasteiger partial charge in [0.2, 0.25) is 0 Å². The van der Waals surface area contributed by atoms with Crippen LogP contribution in [0.25, 0.3) is 16.9 Å². The van der Waals surface area contributed by atoms with Crippen LogP contribution in [0.15, 0.2) is 48.7 Å². The molecular weight excluding hydrogens is 270 g/mol. The number of nitrogens with one attached hydrogen (secondary N) is 1. The summed E-state index contributed by atoms with van der Waals surface area (Å²) in [6.07, 6.45) is 2.02. The van der Waals surface area contributed by atoms with Gasteiger partial charge in [-0.05, 0) is 30.8 Å². The van der Waals surface area contributed by atoms with Gasteiger partial charge in [0.15, 0.2) is 0 Å². The molecule has 0 fully saturated rings. The molecule has 3 nitrogen and oxygen atoms in total. The summed E-state index contributed by atoms with van der Waals surface area (Å²) >= 11 is 6.30. The van der Waals surface area contributed by atoms with Gasteiger partial charge in [-0.2, -0.15) is 0 Å². The van der Waals surface area contributed by atoms with Crippen molar-refractivity contribution in [1.82, 2.24) is 14.7 Å². The summed E-state index contributed by atoms with van der Waals surface area (Å²) in [5, 5.41) is 4.05. The normalized spacial score (nSPS) is 11.1. The van der Waals surface area contributed by atoms with Gasteiger partial charge in [-0.15, -0.1) is 0 Å². The van der Waals surface area contributed by atoms with Crippen molar-refractivity contribution in [3.05, 3.63) is 59.4 Å². The first kappa shape index (κ1) is 13.2. The number of benzene rings is 1. The summed E-state index contributed by atoms with van der Waals surface area (Å²) in [4.78, 5) is 4.77. The first-order valence-corrected chi connectivity index (χ1v) is 7.10. The average molecular weight is 286 g/mol. The Labute approximate surface area is 123 Å². The molecule has 1 aromatic carbocycles. The van der Waals surface area contributed by atoms with E-state index in [4.69, 9.17) is 16.6 Å². The molecule has 20 heavy (non-hydrogen) atoms. The second-order valence-corrected chi connectivity index (χ2v) is 5.01. The first-order valence-electron chi connectivity index (χ1n) is 6.73. The van der Waals surface area contributed by atoms with Crippen LogP contribution in [0.4, 0.5) is 0 Å². The van der Waals surface area contributed by atoms with E-state index in [0.29, 0.717) is 0 Å². The summed E-state index contributed by atoms with van der Waals surface area (Å²) in [5.41, 5.74) is 3.11. The van der Waals surface area contributed by atoms with Crippen LogP contribution in [0.1, 0.15) is 12.6 Å². The van der Waals surface area contributed by atoms with Crippen LogP contribution in [-0.4, -0.2) is 15.9 Å². The highest BCUT2D eigenvalue weighted by atomic mass is 35.5. The van der Waals surface area contributed by atoms with E-state index in [2.05, 4.69) is 22.7 Å². The maximum absolute atomic E-state index is 6.30. The minimum atomic E-state index is 0.721. The van der Waals surface area contributed by atoms with Crippen molar-refractivity contribution in [3.8, 4) is 11.4 Å². The Hall–Kier alpha value is -1.84. The van der Waals surface area contributed by atoms with Crippen molar-refractivity contribution in [2.75, 3.05) is 6.54 Å². The number of aromatic nitrogens is 2. The zero-order valence-electron chi connectivity index (χ0n) is 11.3. The molecule has 0 spiro atoms. The summed E-state index contributed by atoms with van der Waals surface area (Å²) < 4.78 is 2.09. The highest BCUT2D eigenvalue weighted by Crippen LogP contribution is 2.28. The summed E-state index contributed by atoms with van der Waals surface area (Å²) in [7, 11) is 0. The number of rotatable bonds is 4. The molecule has 0 aliphatic rings. The van der Waals surface area contributed by atoms with E-state index in [1.807, 2.05) is 42.6 Å². The third-order valence-corrected chi connectivity index (χ3v) is 3.61. The van der Waals surface area contributed by atoms with E-state index in [-0.39, 0.29) is 0 Å². The molecule has 0 aliphatic carbocycles. The lowest BCUT2D eigenvalue weighted by atomic mass is 10.2. The third-order valence-electron chi connectivity index (χ3n) is 3.28. The largest absolute Gasteiger partial charge is 0.311 e. The second kappa shape index (κ2) is 5.65. The summed E-state index contributed by atoms with van der Waals surface area (Å²) in [6.45, 7) is 3.77. The minimum Gasteiger partial charge on any atom is -0.311 e. The minimum absolute atomic E-state index is 0.721. The Bertz CT molecular complexity index is 733. The lowest BCUT2D eigenvalue weighted by Crippen LogP contribution is -2.12. The van der Waals surface area contributed by atoms with E-state index in [1.54, 1.807) is 0 Å². The molecule has 2 heterocycles. The number of nitrogens with zero attached hydrogens (tertiary/aromatic N) is 2. The molecule has 0 amide bonds. The second-order valence-electron chi connectivity index (χ2n) is 4.60. The van der Waals surface area contributed by atoms with Crippen molar-refractivity contribution >= 4 is 17.1 Å². The van der Waals surface area contributed by atoms with Crippen LogP contribution in [0, 0.1) is 0 Å². The number of hydrogen-bond acceptors (Lipinski definition) is 2. The molecular formula is C16H16ClN3. The first-order chi connectivity index (χ1) is 9.81. The molecule has 1 N–H and O–H groups in total. The van der Waals surface area contributed by atoms with Crippen molar-refractivity contribution in [1.29, 1.82) is 0 Å². The Kier molecular flexibility index (Phi) is 3.72. The van der Waals surface area contributed by atoms with E-state index in [0.717, 1.165) is 40.7 Å². The predicted molar refractivity (Wildman–Crippen MR) is 83.0 cm³/mol. The molecule has 3 aromatic rings. The van der Waals surface area contributed by atoms with E-state index < -0.39 is 0 Å². The monoisotopic (exact) mass is 285 g/mol.